The topological polar surface area (TPSA) is 28.2 Å². The molecule has 0 unspecified atom stereocenters. The fourth-order valence-corrected chi connectivity index (χ4v) is 3.15. The van der Waals surface area contributed by atoms with Gasteiger partial charge in [-0.1, -0.05) is 29.3 Å². The van der Waals surface area contributed by atoms with Gasteiger partial charge in [-0.3, -0.25) is 0 Å². The van der Waals surface area contributed by atoms with Gasteiger partial charge in [-0.05, 0) is 36.2 Å². The van der Waals surface area contributed by atoms with Crippen LogP contribution in [0.4, 0.5) is 10.1 Å². The number of hydrogen-bond acceptors (Lipinski definition) is 3. The van der Waals surface area contributed by atoms with Crippen LogP contribution >= 0.6 is 23.2 Å². The van der Waals surface area contributed by atoms with Crippen LogP contribution in [0.15, 0.2) is 36.5 Å². The number of rotatable bonds is 4. The van der Waals surface area contributed by atoms with E-state index in [2.05, 4.69) is 10.3 Å². The van der Waals surface area contributed by atoms with E-state index in [1.807, 2.05) is 17.0 Å². The van der Waals surface area contributed by atoms with Crippen LogP contribution in [0.25, 0.3) is 0 Å². The lowest BCUT2D eigenvalue weighted by Gasteiger charge is -2.19. The first kappa shape index (κ1) is 15.5. The van der Waals surface area contributed by atoms with Crippen LogP contribution in [-0.4, -0.2) is 24.1 Å². The van der Waals surface area contributed by atoms with E-state index in [0.29, 0.717) is 28.3 Å². The first-order chi connectivity index (χ1) is 10.6. The van der Waals surface area contributed by atoms with E-state index in [4.69, 9.17) is 23.2 Å². The summed E-state index contributed by atoms with van der Waals surface area (Å²) in [6, 6.07) is 9.31. The molecule has 1 aromatic carbocycles. The zero-order chi connectivity index (χ0) is 15.5. The zero-order valence-electron chi connectivity index (χ0n) is 11.9. The van der Waals surface area contributed by atoms with Crippen molar-refractivity contribution in [1.82, 2.24) is 10.3 Å². The molecule has 6 heteroatoms. The molecule has 0 spiro atoms. The van der Waals surface area contributed by atoms with Gasteiger partial charge < -0.3 is 10.2 Å². The summed E-state index contributed by atoms with van der Waals surface area (Å²) in [4.78, 5) is 5.72. The summed E-state index contributed by atoms with van der Waals surface area (Å²) in [5.74, 6) is -0.413. The number of hydrogen-bond donors (Lipinski definition) is 1. The first-order valence-electron chi connectivity index (χ1n) is 7.16. The van der Waals surface area contributed by atoms with Gasteiger partial charge in [0.05, 0.1) is 5.69 Å². The molecule has 1 aliphatic heterocycles. The highest BCUT2D eigenvalue weighted by Gasteiger charge is 2.24. The van der Waals surface area contributed by atoms with Crippen molar-refractivity contribution in [3.05, 3.63) is 58.1 Å². The minimum Gasteiger partial charge on any atom is -0.366 e. The SMILES string of the molecule is Fc1ncccc1N1CC[C@H](NCc2ccc(Cl)cc2Cl)C1. The smallest absolute Gasteiger partial charge is 0.236 e. The van der Waals surface area contributed by atoms with Crippen molar-refractivity contribution in [3.8, 4) is 0 Å². The maximum atomic E-state index is 13.7. The highest BCUT2D eigenvalue weighted by atomic mass is 35.5. The van der Waals surface area contributed by atoms with Crippen LogP contribution in [0.2, 0.25) is 10.0 Å². The Kier molecular flexibility index (Phi) is 4.81. The zero-order valence-corrected chi connectivity index (χ0v) is 13.4. The number of nitrogens with one attached hydrogen (secondary N) is 1. The van der Waals surface area contributed by atoms with E-state index in [-0.39, 0.29) is 0 Å². The fraction of sp³-hybridized carbons (Fsp3) is 0.312. The summed E-state index contributed by atoms with van der Waals surface area (Å²) in [7, 11) is 0. The number of nitrogens with zero attached hydrogens (tertiary/aromatic N) is 2. The molecule has 3 nitrogen and oxygen atoms in total. The van der Waals surface area contributed by atoms with Crippen molar-refractivity contribution in [2.24, 2.45) is 0 Å². The molecule has 22 heavy (non-hydrogen) atoms. The van der Waals surface area contributed by atoms with Gasteiger partial charge in [-0.15, -0.1) is 0 Å². The monoisotopic (exact) mass is 339 g/mol. The Bertz CT molecular complexity index is 666. The van der Waals surface area contributed by atoms with Crippen LogP contribution in [0.1, 0.15) is 12.0 Å². The van der Waals surface area contributed by atoms with Crippen LogP contribution in [0.5, 0.6) is 0 Å². The summed E-state index contributed by atoms with van der Waals surface area (Å²) in [5, 5.41) is 4.76. The molecule has 0 radical (unpaired) electrons. The molecule has 116 valence electrons. The molecule has 2 heterocycles. The van der Waals surface area contributed by atoms with Crippen molar-refractivity contribution < 1.29 is 4.39 Å². The lowest BCUT2D eigenvalue weighted by molar-refractivity contribution is 0.548. The second-order valence-corrected chi connectivity index (χ2v) is 6.21. The summed E-state index contributed by atoms with van der Waals surface area (Å²) >= 11 is 12.1. The second-order valence-electron chi connectivity index (χ2n) is 5.36. The average molecular weight is 340 g/mol. The number of benzene rings is 1. The van der Waals surface area contributed by atoms with E-state index in [9.17, 15) is 4.39 Å². The minimum atomic E-state index is -0.413. The third kappa shape index (κ3) is 3.51. The Balaban J connectivity index is 1.58. The molecule has 3 rings (SSSR count). The molecule has 1 saturated heterocycles. The molecular weight excluding hydrogens is 324 g/mol. The molecule has 0 aliphatic carbocycles. The number of halogens is 3. The molecule has 1 N–H and O–H groups in total. The normalized spacial score (nSPS) is 18.0. The Morgan fingerprint density at radius 1 is 1.32 bits per heavy atom. The van der Waals surface area contributed by atoms with Gasteiger partial charge >= 0.3 is 0 Å². The molecule has 0 saturated carbocycles. The highest BCUT2D eigenvalue weighted by Crippen LogP contribution is 2.24. The molecule has 0 bridgehead atoms. The molecule has 2 aromatic rings. The van der Waals surface area contributed by atoms with Gasteiger partial charge in [0.2, 0.25) is 5.95 Å². The lowest BCUT2D eigenvalue weighted by atomic mass is 10.2. The third-order valence-electron chi connectivity index (χ3n) is 3.86. The highest BCUT2D eigenvalue weighted by molar-refractivity contribution is 6.35. The molecule has 0 amide bonds. The number of pyridine rings is 1. The van der Waals surface area contributed by atoms with Crippen molar-refractivity contribution in [1.29, 1.82) is 0 Å². The van der Waals surface area contributed by atoms with Gasteiger partial charge in [0.1, 0.15) is 0 Å². The van der Waals surface area contributed by atoms with Gasteiger partial charge in [0.25, 0.3) is 0 Å². The third-order valence-corrected chi connectivity index (χ3v) is 4.45. The summed E-state index contributed by atoms with van der Waals surface area (Å²) in [5.41, 5.74) is 1.58. The van der Waals surface area contributed by atoms with E-state index in [1.54, 1.807) is 18.2 Å². The van der Waals surface area contributed by atoms with Crippen molar-refractivity contribution >= 4 is 28.9 Å². The lowest BCUT2D eigenvalue weighted by Crippen LogP contribution is -2.32. The fourth-order valence-electron chi connectivity index (χ4n) is 2.68. The van der Waals surface area contributed by atoms with Crippen molar-refractivity contribution in [2.45, 2.75) is 19.0 Å². The Morgan fingerprint density at radius 2 is 2.18 bits per heavy atom. The second kappa shape index (κ2) is 6.82. The molecule has 1 aromatic heterocycles. The molecular formula is C16H16Cl2FN3. The predicted octanol–water partition coefficient (Wildman–Crippen LogP) is 3.90. The van der Waals surface area contributed by atoms with Crippen molar-refractivity contribution in [3.63, 3.8) is 0 Å². The average Bonchev–Trinajstić information content (AvgIpc) is 2.95. The summed E-state index contributed by atoms with van der Waals surface area (Å²) in [6.45, 7) is 2.24. The van der Waals surface area contributed by atoms with Gasteiger partial charge in [-0.2, -0.15) is 4.39 Å². The van der Waals surface area contributed by atoms with Gasteiger partial charge in [0.15, 0.2) is 0 Å². The minimum absolute atomic E-state index is 0.298. The molecule has 1 atom stereocenters. The van der Waals surface area contributed by atoms with Crippen LogP contribution in [0, 0.1) is 5.95 Å². The number of anilines is 1. The molecule has 1 fully saturated rings. The molecule has 1 aliphatic rings. The van der Waals surface area contributed by atoms with Crippen molar-refractivity contribution in [2.75, 3.05) is 18.0 Å². The Labute approximate surface area is 139 Å². The predicted molar refractivity (Wildman–Crippen MR) is 88.1 cm³/mol. The Hall–Kier alpha value is -1.36. The Morgan fingerprint density at radius 3 is 2.95 bits per heavy atom. The summed E-state index contributed by atoms with van der Waals surface area (Å²) in [6.07, 6.45) is 2.42. The maximum absolute atomic E-state index is 13.7. The van der Waals surface area contributed by atoms with Crippen LogP contribution in [-0.2, 0) is 6.54 Å². The van der Waals surface area contributed by atoms with E-state index < -0.39 is 5.95 Å². The van der Waals surface area contributed by atoms with E-state index in [0.717, 1.165) is 25.1 Å². The van der Waals surface area contributed by atoms with Crippen LogP contribution in [0.3, 0.4) is 0 Å². The van der Waals surface area contributed by atoms with Gasteiger partial charge in [0, 0.05) is 41.9 Å². The first-order valence-corrected chi connectivity index (χ1v) is 7.92. The maximum Gasteiger partial charge on any atom is 0.236 e. The number of aromatic nitrogens is 1. The quantitative estimate of drug-likeness (QED) is 0.856. The largest absolute Gasteiger partial charge is 0.366 e. The standard InChI is InChI=1S/C16H16Cl2FN3/c17-12-4-3-11(14(18)8-12)9-21-13-5-7-22(10-13)15-2-1-6-20-16(15)19/h1-4,6,8,13,21H,5,7,9-10H2/t13-/m0/s1. The van der Waals surface area contributed by atoms with Gasteiger partial charge in [-0.25, -0.2) is 4.98 Å². The summed E-state index contributed by atoms with van der Waals surface area (Å²) < 4.78 is 13.7. The van der Waals surface area contributed by atoms with E-state index in [1.165, 1.54) is 6.20 Å². The van der Waals surface area contributed by atoms with E-state index >= 15 is 0 Å². The van der Waals surface area contributed by atoms with Crippen LogP contribution < -0.4 is 10.2 Å².